The second kappa shape index (κ2) is 4.84. The maximum atomic E-state index is 12.5. The van der Waals surface area contributed by atoms with Crippen molar-refractivity contribution in [3.05, 3.63) is 48.3 Å². The van der Waals surface area contributed by atoms with Crippen molar-refractivity contribution in [1.29, 1.82) is 0 Å². The monoisotopic (exact) mass is 256 g/mol. The zero-order valence-electron chi connectivity index (χ0n) is 10.9. The van der Waals surface area contributed by atoms with Crippen LogP contribution < -0.4 is 0 Å². The minimum Gasteiger partial charge on any atom is -0.330 e. The molecule has 1 fully saturated rings. The van der Waals surface area contributed by atoms with Gasteiger partial charge >= 0.3 is 0 Å². The predicted molar refractivity (Wildman–Crippen MR) is 70.5 cm³/mol. The molecule has 98 valence electrons. The first-order valence-corrected chi connectivity index (χ1v) is 6.45. The van der Waals surface area contributed by atoms with Gasteiger partial charge < -0.3 is 9.47 Å². The van der Waals surface area contributed by atoms with Crippen LogP contribution >= 0.6 is 0 Å². The molecular weight excluding hydrogens is 240 g/mol. The zero-order valence-corrected chi connectivity index (χ0v) is 10.9. The summed E-state index contributed by atoms with van der Waals surface area (Å²) in [6.07, 6.45) is 9.06. The highest BCUT2D eigenvalue weighted by molar-refractivity contribution is 5.91. The van der Waals surface area contributed by atoms with Crippen molar-refractivity contribution in [2.24, 2.45) is 7.05 Å². The quantitative estimate of drug-likeness (QED) is 0.823. The van der Waals surface area contributed by atoms with Crippen LogP contribution in [-0.4, -0.2) is 31.9 Å². The molecule has 1 aliphatic rings. The molecule has 1 unspecified atom stereocenters. The number of nitrogens with zero attached hydrogens (tertiary/aromatic N) is 4. The van der Waals surface area contributed by atoms with E-state index >= 15 is 0 Å². The topological polar surface area (TPSA) is 51.0 Å². The van der Waals surface area contributed by atoms with Crippen molar-refractivity contribution in [3.63, 3.8) is 0 Å². The number of amides is 1. The van der Waals surface area contributed by atoms with Crippen LogP contribution in [0, 0.1) is 0 Å². The van der Waals surface area contributed by atoms with Crippen LogP contribution in [0.5, 0.6) is 0 Å². The molecule has 0 radical (unpaired) electrons. The number of hydrogen-bond donors (Lipinski definition) is 0. The standard InChI is InChI=1S/C14H16N4O/c1-17-9-7-16-13(17)14(19)18-8-3-5-12(18)11-4-2-6-15-10-11/h2,4,6-7,9-10,12H,3,5,8H2,1H3. The van der Waals surface area contributed by atoms with Crippen molar-refractivity contribution in [2.45, 2.75) is 18.9 Å². The first kappa shape index (κ1) is 11.9. The molecule has 0 bridgehead atoms. The normalized spacial score (nSPS) is 18.8. The number of pyridine rings is 1. The Morgan fingerprint density at radius 3 is 3.00 bits per heavy atom. The summed E-state index contributed by atoms with van der Waals surface area (Å²) in [5.74, 6) is 0.495. The van der Waals surface area contributed by atoms with E-state index in [4.69, 9.17) is 0 Å². The van der Waals surface area contributed by atoms with Crippen molar-refractivity contribution in [3.8, 4) is 0 Å². The fourth-order valence-electron chi connectivity index (χ4n) is 2.63. The Bertz CT molecular complexity index is 578. The number of likely N-dealkylation sites (tertiary alicyclic amines) is 1. The van der Waals surface area contributed by atoms with Gasteiger partial charge in [0, 0.05) is 38.4 Å². The average Bonchev–Trinajstić information content (AvgIpc) is 3.07. The van der Waals surface area contributed by atoms with Gasteiger partial charge in [-0.1, -0.05) is 6.07 Å². The Morgan fingerprint density at radius 2 is 2.32 bits per heavy atom. The summed E-state index contributed by atoms with van der Waals surface area (Å²) in [4.78, 5) is 22.7. The third-order valence-electron chi connectivity index (χ3n) is 3.60. The maximum absolute atomic E-state index is 12.5. The lowest BCUT2D eigenvalue weighted by atomic mass is 10.1. The molecule has 1 saturated heterocycles. The molecular formula is C14H16N4O. The molecule has 1 aliphatic heterocycles. The molecule has 0 spiro atoms. The SMILES string of the molecule is Cn1ccnc1C(=O)N1CCCC1c1cccnc1. The lowest BCUT2D eigenvalue weighted by Crippen LogP contribution is -2.32. The average molecular weight is 256 g/mol. The molecule has 1 atom stereocenters. The molecule has 1 amide bonds. The highest BCUT2D eigenvalue weighted by Crippen LogP contribution is 2.32. The second-order valence-electron chi connectivity index (χ2n) is 4.80. The van der Waals surface area contributed by atoms with Crippen molar-refractivity contribution < 1.29 is 4.79 Å². The van der Waals surface area contributed by atoms with Crippen LogP contribution in [0.2, 0.25) is 0 Å². The van der Waals surface area contributed by atoms with E-state index in [2.05, 4.69) is 9.97 Å². The first-order valence-electron chi connectivity index (χ1n) is 6.45. The Morgan fingerprint density at radius 1 is 1.42 bits per heavy atom. The molecule has 0 aromatic carbocycles. The van der Waals surface area contributed by atoms with Crippen LogP contribution in [0.1, 0.15) is 35.1 Å². The van der Waals surface area contributed by atoms with Gasteiger partial charge in [-0.3, -0.25) is 9.78 Å². The molecule has 3 heterocycles. The van der Waals surface area contributed by atoms with E-state index in [1.54, 1.807) is 23.2 Å². The Hall–Kier alpha value is -2.17. The summed E-state index contributed by atoms with van der Waals surface area (Å²) < 4.78 is 1.76. The summed E-state index contributed by atoms with van der Waals surface area (Å²) in [6, 6.07) is 4.07. The van der Waals surface area contributed by atoms with Gasteiger partial charge in [0.05, 0.1) is 6.04 Å². The van der Waals surface area contributed by atoms with Gasteiger partial charge in [-0.2, -0.15) is 0 Å². The first-order chi connectivity index (χ1) is 9.27. The number of aryl methyl sites for hydroxylation is 1. The predicted octanol–water partition coefficient (Wildman–Crippen LogP) is 1.79. The third kappa shape index (κ3) is 2.12. The summed E-state index contributed by atoms with van der Waals surface area (Å²) >= 11 is 0. The smallest absolute Gasteiger partial charge is 0.290 e. The van der Waals surface area contributed by atoms with Gasteiger partial charge in [-0.15, -0.1) is 0 Å². The van der Waals surface area contributed by atoms with Crippen LogP contribution in [-0.2, 0) is 7.05 Å². The second-order valence-corrected chi connectivity index (χ2v) is 4.80. The molecule has 5 nitrogen and oxygen atoms in total. The van der Waals surface area contributed by atoms with E-state index in [1.807, 2.05) is 30.3 Å². The molecule has 0 saturated carbocycles. The minimum absolute atomic E-state index is 0.00106. The summed E-state index contributed by atoms with van der Waals surface area (Å²) in [6.45, 7) is 0.783. The molecule has 5 heteroatoms. The lowest BCUT2D eigenvalue weighted by Gasteiger charge is -2.24. The number of rotatable bonds is 2. The van der Waals surface area contributed by atoms with E-state index < -0.39 is 0 Å². The molecule has 2 aromatic heterocycles. The largest absolute Gasteiger partial charge is 0.330 e. The fourth-order valence-corrected chi connectivity index (χ4v) is 2.63. The Balaban J connectivity index is 1.88. The zero-order chi connectivity index (χ0) is 13.2. The van der Waals surface area contributed by atoms with E-state index in [9.17, 15) is 4.79 Å². The minimum atomic E-state index is -0.00106. The number of imidazole rings is 1. The highest BCUT2D eigenvalue weighted by atomic mass is 16.2. The van der Waals surface area contributed by atoms with Crippen LogP contribution in [0.4, 0.5) is 0 Å². The van der Waals surface area contributed by atoms with Gasteiger partial charge in [0.1, 0.15) is 0 Å². The third-order valence-corrected chi connectivity index (χ3v) is 3.60. The molecule has 0 aliphatic carbocycles. The molecule has 2 aromatic rings. The highest BCUT2D eigenvalue weighted by Gasteiger charge is 2.32. The van der Waals surface area contributed by atoms with E-state index in [1.165, 1.54) is 0 Å². The van der Waals surface area contributed by atoms with Gasteiger partial charge in [0.15, 0.2) is 5.82 Å². The maximum Gasteiger partial charge on any atom is 0.290 e. The molecule has 3 rings (SSSR count). The van der Waals surface area contributed by atoms with Gasteiger partial charge in [-0.25, -0.2) is 4.98 Å². The van der Waals surface area contributed by atoms with Crippen molar-refractivity contribution in [1.82, 2.24) is 19.4 Å². The van der Waals surface area contributed by atoms with Gasteiger partial charge in [-0.05, 0) is 24.5 Å². The van der Waals surface area contributed by atoms with Gasteiger partial charge in [0.25, 0.3) is 5.91 Å². The number of hydrogen-bond acceptors (Lipinski definition) is 3. The number of carbonyl (C=O) groups is 1. The number of carbonyl (C=O) groups excluding carboxylic acids is 1. The Labute approximate surface area is 111 Å². The van der Waals surface area contributed by atoms with Crippen LogP contribution in [0.25, 0.3) is 0 Å². The number of aromatic nitrogens is 3. The molecule has 19 heavy (non-hydrogen) atoms. The van der Waals surface area contributed by atoms with Crippen molar-refractivity contribution >= 4 is 5.91 Å². The summed E-state index contributed by atoms with van der Waals surface area (Å²) in [5.41, 5.74) is 1.10. The Kier molecular flexibility index (Phi) is 3.03. The fraction of sp³-hybridized carbons (Fsp3) is 0.357. The van der Waals surface area contributed by atoms with Gasteiger partial charge in [0.2, 0.25) is 0 Å². The van der Waals surface area contributed by atoms with Crippen LogP contribution in [0.3, 0.4) is 0 Å². The molecule has 0 N–H and O–H groups in total. The summed E-state index contributed by atoms with van der Waals surface area (Å²) in [7, 11) is 1.84. The van der Waals surface area contributed by atoms with E-state index in [-0.39, 0.29) is 11.9 Å². The van der Waals surface area contributed by atoms with E-state index in [0.29, 0.717) is 5.82 Å². The van der Waals surface area contributed by atoms with Crippen LogP contribution in [0.15, 0.2) is 36.9 Å². The van der Waals surface area contributed by atoms with Crippen molar-refractivity contribution in [2.75, 3.05) is 6.54 Å². The van der Waals surface area contributed by atoms with E-state index in [0.717, 1.165) is 24.9 Å². The summed E-state index contributed by atoms with van der Waals surface area (Å²) in [5, 5.41) is 0. The lowest BCUT2D eigenvalue weighted by molar-refractivity contribution is 0.0719.